The number of piperidine rings is 1. The second kappa shape index (κ2) is 9.19. The van der Waals surface area contributed by atoms with Crippen LogP contribution < -0.4 is 4.74 Å². The van der Waals surface area contributed by atoms with E-state index in [1.54, 1.807) is 4.90 Å². The molecule has 1 aromatic carbocycles. The minimum Gasteiger partial charge on any atom is -0.484 e. The molecule has 2 saturated heterocycles. The monoisotopic (exact) mass is 457 g/mol. The van der Waals surface area contributed by atoms with E-state index in [1.807, 2.05) is 49.3 Å². The van der Waals surface area contributed by atoms with E-state index in [2.05, 4.69) is 11.9 Å². The molecule has 8 heteroatoms. The third-order valence-corrected chi connectivity index (χ3v) is 7.44. The molecule has 1 aromatic heterocycles. The summed E-state index contributed by atoms with van der Waals surface area (Å²) in [5.41, 5.74) is 2.53. The minimum absolute atomic E-state index is 0.00736. The normalized spacial score (nSPS) is 18.8. The summed E-state index contributed by atoms with van der Waals surface area (Å²) in [4.78, 5) is 33.7. The van der Waals surface area contributed by atoms with Crippen LogP contribution in [0, 0.1) is 13.8 Å². The molecule has 172 valence electrons. The van der Waals surface area contributed by atoms with Gasteiger partial charge in [0.15, 0.2) is 6.61 Å². The molecule has 0 spiro atoms. The Balaban J connectivity index is 1.28. The molecule has 0 unspecified atom stereocenters. The van der Waals surface area contributed by atoms with E-state index in [0.29, 0.717) is 32.1 Å². The van der Waals surface area contributed by atoms with Gasteiger partial charge < -0.3 is 19.3 Å². The zero-order valence-corrected chi connectivity index (χ0v) is 20.0. The summed E-state index contributed by atoms with van der Waals surface area (Å²) in [6, 6.07) is 5.87. The van der Waals surface area contributed by atoms with Gasteiger partial charge >= 0.3 is 0 Å². The Labute approximate surface area is 193 Å². The quantitative estimate of drug-likeness (QED) is 0.684. The standard InChI is InChI=1S/C24H31N3O4S/c1-16-5-6-19(11-17(16)2)31-12-21(28)26-9-7-18(8-10-26)22-25-20(13-32-22)23(29)27-15-30-14-24(27,3)4/h5-6,11,13,18H,7-10,12,14-15H2,1-4H3. The molecule has 0 N–H and O–H groups in total. The van der Waals surface area contributed by atoms with Gasteiger partial charge in [-0.25, -0.2) is 4.98 Å². The summed E-state index contributed by atoms with van der Waals surface area (Å²) in [7, 11) is 0. The van der Waals surface area contributed by atoms with Crippen LogP contribution in [-0.2, 0) is 9.53 Å². The number of carbonyl (C=O) groups is 2. The van der Waals surface area contributed by atoms with Crippen molar-refractivity contribution in [1.82, 2.24) is 14.8 Å². The van der Waals surface area contributed by atoms with Crippen LogP contribution >= 0.6 is 11.3 Å². The molecular weight excluding hydrogens is 426 g/mol. The zero-order chi connectivity index (χ0) is 22.9. The van der Waals surface area contributed by atoms with Crippen LogP contribution in [0.15, 0.2) is 23.6 Å². The second-order valence-corrected chi connectivity index (χ2v) is 10.2. The Kier molecular flexibility index (Phi) is 6.53. The highest BCUT2D eigenvalue weighted by Crippen LogP contribution is 2.32. The van der Waals surface area contributed by atoms with Gasteiger partial charge in [0.05, 0.1) is 17.2 Å². The van der Waals surface area contributed by atoms with E-state index in [9.17, 15) is 9.59 Å². The molecule has 4 rings (SSSR count). The van der Waals surface area contributed by atoms with Crippen LogP contribution in [0.5, 0.6) is 5.75 Å². The van der Waals surface area contributed by atoms with Crippen molar-refractivity contribution in [1.29, 1.82) is 0 Å². The van der Waals surface area contributed by atoms with E-state index < -0.39 is 0 Å². The maximum absolute atomic E-state index is 12.9. The van der Waals surface area contributed by atoms with Crippen LogP contribution in [0.3, 0.4) is 0 Å². The van der Waals surface area contributed by atoms with Crippen LogP contribution in [0.2, 0.25) is 0 Å². The Hall–Kier alpha value is -2.45. The minimum atomic E-state index is -0.314. The first kappa shape index (κ1) is 22.7. The molecule has 32 heavy (non-hydrogen) atoms. The number of carbonyl (C=O) groups excluding carboxylic acids is 2. The first-order chi connectivity index (χ1) is 15.2. The Morgan fingerprint density at radius 2 is 1.97 bits per heavy atom. The zero-order valence-electron chi connectivity index (χ0n) is 19.2. The summed E-state index contributed by atoms with van der Waals surface area (Å²) < 4.78 is 11.2. The molecule has 3 heterocycles. The molecule has 0 bridgehead atoms. The van der Waals surface area contributed by atoms with Gasteiger partial charge in [-0.3, -0.25) is 9.59 Å². The first-order valence-corrected chi connectivity index (χ1v) is 12.0. The lowest BCUT2D eigenvalue weighted by atomic mass is 9.97. The Morgan fingerprint density at radius 3 is 2.62 bits per heavy atom. The smallest absolute Gasteiger partial charge is 0.275 e. The third kappa shape index (κ3) is 4.81. The van der Waals surface area contributed by atoms with Gasteiger partial charge in [0.25, 0.3) is 11.8 Å². The molecule has 2 fully saturated rings. The van der Waals surface area contributed by atoms with Crippen molar-refractivity contribution >= 4 is 23.2 Å². The van der Waals surface area contributed by atoms with E-state index in [1.165, 1.54) is 16.9 Å². The number of hydrogen-bond acceptors (Lipinski definition) is 6. The highest BCUT2D eigenvalue weighted by Gasteiger charge is 2.38. The van der Waals surface area contributed by atoms with E-state index in [-0.39, 0.29) is 29.9 Å². The van der Waals surface area contributed by atoms with Gasteiger partial charge in [-0.1, -0.05) is 6.07 Å². The molecule has 0 radical (unpaired) electrons. The average Bonchev–Trinajstić information content (AvgIpc) is 3.40. The number of thiazole rings is 1. The van der Waals surface area contributed by atoms with Crippen molar-refractivity contribution in [3.63, 3.8) is 0 Å². The maximum Gasteiger partial charge on any atom is 0.275 e. The largest absolute Gasteiger partial charge is 0.484 e. The highest BCUT2D eigenvalue weighted by atomic mass is 32.1. The third-order valence-electron chi connectivity index (χ3n) is 6.43. The number of amides is 2. The predicted molar refractivity (Wildman–Crippen MR) is 123 cm³/mol. The van der Waals surface area contributed by atoms with Crippen molar-refractivity contribution in [3.05, 3.63) is 45.4 Å². The summed E-state index contributed by atoms with van der Waals surface area (Å²) in [5.74, 6) is 0.927. The van der Waals surface area contributed by atoms with Crippen molar-refractivity contribution < 1.29 is 19.1 Å². The summed E-state index contributed by atoms with van der Waals surface area (Å²) in [5, 5.41) is 2.82. The molecule has 0 atom stereocenters. The van der Waals surface area contributed by atoms with Crippen LogP contribution in [0.25, 0.3) is 0 Å². The summed E-state index contributed by atoms with van der Waals surface area (Å²) >= 11 is 1.54. The van der Waals surface area contributed by atoms with Gasteiger partial charge in [-0.2, -0.15) is 0 Å². The second-order valence-electron chi connectivity index (χ2n) is 9.28. The number of nitrogens with zero attached hydrogens (tertiary/aromatic N) is 3. The van der Waals surface area contributed by atoms with E-state index in [4.69, 9.17) is 9.47 Å². The van der Waals surface area contributed by atoms with Crippen molar-refractivity contribution in [2.24, 2.45) is 0 Å². The molecule has 2 aliphatic rings. The molecule has 2 aliphatic heterocycles. The molecule has 2 aromatic rings. The highest BCUT2D eigenvalue weighted by molar-refractivity contribution is 7.09. The van der Waals surface area contributed by atoms with E-state index >= 15 is 0 Å². The number of aryl methyl sites for hydroxylation is 2. The lowest BCUT2D eigenvalue weighted by Crippen LogP contribution is -2.44. The Bertz CT molecular complexity index is 995. The maximum atomic E-state index is 12.9. The van der Waals surface area contributed by atoms with Crippen molar-refractivity contribution in [2.75, 3.05) is 33.0 Å². The SMILES string of the molecule is Cc1ccc(OCC(=O)N2CCC(c3nc(C(=O)N4COCC4(C)C)cs3)CC2)cc1C. The van der Waals surface area contributed by atoms with Gasteiger partial charge in [-0.05, 0) is 63.8 Å². The van der Waals surface area contributed by atoms with Crippen molar-refractivity contribution in [2.45, 2.75) is 52.0 Å². The number of benzene rings is 1. The molecule has 2 amide bonds. The fraction of sp³-hybridized carbons (Fsp3) is 0.542. The number of aromatic nitrogens is 1. The fourth-order valence-electron chi connectivity index (χ4n) is 4.10. The lowest BCUT2D eigenvalue weighted by molar-refractivity contribution is -0.134. The predicted octanol–water partition coefficient (Wildman–Crippen LogP) is 3.75. The topological polar surface area (TPSA) is 72.0 Å². The molecule has 7 nitrogen and oxygen atoms in total. The van der Waals surface area contributed by atoms with Crippen LogP contribution in [-0.4, -0.2) is 65.2 Å². The molecular formula is C24H31N3O4S. The van der Waals surface area contributed by atoms with Gasteiger partial charge in [0.1, 0.15) is 18.2 Å². The number of hydrogen-bond donors (Lipinski definition) is 0. The van der Waals surface area contributed by atoms with Gasteiger partial charge in [0, 0.05) is 24.4 Å². The number of rotatable bonds is 5. The lowest BCUT2D eigenvalue weighted by Gasteiger charge is -2.31. The van der Waals surface area contributed by atoms with Crippen LogP contribution in [0.1, 0.15) is 59.2 Å². The Morgan fingerprint density at radius 1 is 1.22 bits per heavy atom. The van der Waals surface area contributed by atoms with Crippen molar-refractivity contribution in [3.8, 4) is 5.75 Å². The number of likely N-dealkylation sites (tertiary alicyclic amines) is 1. The summed E-state index contributed by atoms with van der Waals surface area (Å²) in [6.45, 7) is 10.3. The fourth-order valence-corrected chi connectivity index (χ4v) is 5.07. The first-order valence-electron chi connectivity index (χ1n) is 11.1. The average molecular weight is 458 g/mol. The molecule has 0 saturated carbocycles. The van der Waals surface area contributed by atoms with Gasteiger partial charge in [0.2, 0.25) is 0 Å². The van der Waals surface area contributed by atoms with Gasteiger partial charge in [-0.15, -0.1) is 11.3 Å². The number of ether oxygens (including phenoxy) is 2. The summed E-state index contributed by atoms with van der Waals surface area (Å²) in [6.07, 6.45) is 1.68. The van der Waals surface area contributed by atoms with Crippen LogP contribution in [0.4, 0.5) is 0 Å². The molecule has 0 aliphatic carbocycles. The van der Waals surface area contributed by atoms with E-state index in [0.717, 1.165) is 29.2 Å².